The second-order valence-electron chi connectivity index (χ2n) is 7.87. The Hall–Kier alpha value is -2.70. The summed E-state index contributed by atoms with van der Waals surface area (Å²) in [5.41, 5.74) is 4.54. The Morgan fingerprint density at radius 3 is 2.63 bits per heavy atom. The predicted molar refractivity (Wildman–Crippen MR) is 118 cm³/mol. The van der Waals surface area contributed by atoms with Crippen LogP contribution in [0.3, 0.4) is 0 Å². The first-order valence-corrected chi connectivity index (χ1v) is 10.6. The molecule has 3 aromatic rings. The first-order chi connectivity index (χ1) is 14.5. The minimum atomic E-state index is -0.168. The molecule has 1 fully saturated rings. The second kappa shape index (κ2) is 8.98. The topological polar surface area (TPSA) is 63.1 Å². The minimum Gasteiger partial charge on any atom is -0.348 e. The highest BCUT2D eigenvalue weighted by atomic mass is 35.5. The van der Waals surface area contributed by atoms with E-state index in [4.69, 9.17) is 11.6 Å². The number of carbonyl (C=O) groups is 1. The number of aryl methyl sites for hydroxylation is 1. The maximum atomic E-state index is 12.8. The molecule has 1 aliphatic heterocycles. The molecule has 4 rings (SSSR count). The molecule has 1 saturated heterocycles. The molecule has 0 spiro atoms. The highest BCUT2D eigenvalue weighted by Crippen LogP contribution is 2.19. The average Bonchev–Trinajstić information content (AvgIpc) is 3.12. The summed E-state index contributed by atoms with van der Waals surface area (Å²) in [7, 11) is 0. The van der Waals surface area contributed by atoms with Gasteiger partial charge in [0.25, 0.3) is 5.91 Å². The van der Waals surface area contributed by atoms with E-state index >= 15 is 0 Å². The van der Waals surface area contributed by atoms with Crippen molar-refractivity contribution in [1.82, 2.24) is 25.2 Å². The second-order valence-corrected chi connectivity index (χ2v) is 8.30. The van der Waals surface area contributed by atoms with Gasteiger partial charge in [0.2, 0.25) is 0 Å². The van der Waals surface area contributed by atoms with Crippen molar-refractivity contribution in [3.05, 3.63) is 76.1 Å². The lowest BCUT2D eigenvalue weighted by Gasteiger charge is -2.32. The molecule has 0 saturated carbocycles. The summed E-state index contributed by atoms with van der Waals surface area (Å²) in [6.07, 6.45) is 1.86. The first kappa shape index (κ1) is 20.6. The first-order valence-electron chi connectivity index (χ1n) is 10.3. The third-order valence-corrected chi connectivity index (χ3v) is 5.98. The van der Waals surface area contributed by atoms with Gasteiger partial charge in [-0.2, -0.15) is 0 Å². The van der Waals surface area contributed by atoms with E-state index in [1.165, 1.54) is 11.1 Å². The van der Waals surface area contributed by atoms with Crippen molar-refractivity contribution in [3.63, 3.8) is 0 Å². The van der Waals surface area contributed by atoms with Gasteiger partial charge in [0.15, 0.2) is 5.69 Å². The number of hydrogen-bond donors (Lipinski definition) is 1. The summed E-state index contributed by atoms with van der Waals surface area (Å²) >= 11 is 6.07. The Balaban J connectivity index is 1.35. The number of rotatable bonds is 5. The van der Waals surface area contributed by atoms with Gasteiger partial charge < -0.3 is 5.32 Å². The van der Waals surface area contributed by atoms with E-state index in [2.05, 4.69) is 51.7 Å². The van der Waals surface area contributed by atoms with Crippen LogP contribution in [0, 0.1) is 13.8 Å². The zero-order valence-corrected chi connectivity index (χ0v) is 18.1. The smallest absolute Gasteiger partial charge is 0.273 e. The maximum Gasteiger partial charge on any atom is 0.273 e. The average molecular weight is 424 g/mol. The molecule has 30 heavy (non-hydrogen) atoms. The van der Waals surface area contributed by atoms with Gasteiger partial charge in [-0.25, -0.2) is 4.68 Å². The Bertz CT molecular complexity index is 1040. The summed E-state index contributed by atoms with van der Waals surface area (Å²) in [6.45, 7) is 6.89. The van der Waals surface area contributed by atoms with Crippen LogP contribution in [0.5, 0.6) is 0 Å². The van der Waals surface area contributed by atoms with Gasteiger partial charge >= 0.3 is 0 Å². The lowest BCUT2D eigenvalue weighted by atomic mass is 10.0. The summed E-state index contributed by atoms with van der Waals surface area (Å²) < 4.78 is 1.64. The molecule has 0 bridgehead atoms. The van der Waals surface area contributed by atoms with Crippen molar-refractivity contribution >= 4 is 17.5 Å². The molecule has 6 nitrogen and oxygen atoms in total. The summed E-state index contributed by atoms with van der Waals surface area (Å²) in [5, 5.41) is 12.0. The van der Waals surface area contributed by atoms with Crippen molar-refractivity contribution in [2.45, 2.75) is 39.3 Å². The fourth-order valence-electron chi connectivity index (χ4n) is 3.91. The van der Waals surface area contributed by atoms with E-state index < -0.39 is 0 Å². The Morgan fingerprint density at radius 1 is 1.13 bits per heavy atom. The molecule has 1 amide bonds. The Kier molecular flexibility index (Phi) is 6.16. The number of nitrogens with one attached hydrogen (secondary N) is 1. The number of nitrogens with zero attached hydrogens (tertiary/aromatic N) is 4. The quantitative estimate of drug-likeness (QED) is 0.675. The monoisotopic (exact) mass is 423 g/mol. The normalized spacial score (nSPS) is 15.3. The summed E-state index contributed by atoms with van der Waals surface area (Å²) in [5.74, 6) is -0.168. The zero-order chi connectivity index (χ0) is 21.1. The van der Waals surface area contributed by atoms with Crippen LogP contribution < -0.4 is 5.32 Å². The molecular weight excluding hydrogens is 398 g/mol. The molecule has 2 heterocycles. The lowest BCUT2D eigenvalue weighted by Crippen LogP contribution is -2.44. The van der Waals surface area contributed by atoms with Gasteiger partial charge in [0, 0.05) is 30.7 Å². The molecular formula is C23H26ClN5O. The molecule has 1 aliphatic rings. The van der Waals surface area contributed by atoms with Crippen molar-refractivity contribution in [1.29, 1.82) is 0 Å². The molecule has 0 unspecified atom stereocenters. The van der Waals surface area contributed by atoms with E-state index in [0.717, 1.165) is 38.2 Å². The fraction of sp³-hybridized carbons (Fsp3) is 0.348. The SMILES string of the molecule is Cc1ccccc1CN1CCC(NC(=O)c2nnn(-c3cccc(Cl)c3)c2C)CC1. The minimum absolute atomic E-state index is 0.154. The summed E-state index contributed by atoms with van der Waals surface area (Å²) in [4.78, 5) is 15.2. The molecule has 1 aromatic heterocycles. The Morgan fingerprint density at radius 2 is 1.90 bits per heavy atom. The van der Waals surface area contributed by atoms with Crippen molar-refractivity contribution < 1.29 is 4.79 Å². The van der Waals surface area contributed by atoms with Crippen molar-refractivity contribution in [2.75, 3.05) is 13.1 Å². The number of halogens is 1. The molecule has 0 radical (unpaired) electrons. The predicted octanol–water partition coefficient (Wildman–Crippen LogP) is 3.93. The summed E-state index contributed by atoms with van der Waals surface area (Å²) in [6, 6.07) is 16.0. The number of carbonyl (C=O) groups excluding carboxylic acids is 1. The Labute approximate surface area is 181 Å². The van der Waals surface area contributed by atoms with Crippen LogP contribution in [-0.4, -0.2) is 44.9 Å². The number of amides is 1. The zero-order valence-electron chi connectivity index (χ0n) is 17.3. The molecule has 0 atom stereocenters. The number of aromatic nitrogens is 3. The lowest BCUT2D eigenvalue weighted by molar-refractivity contribution is 0.0903. The van der Waals surface area contributed by atoms with Crippen LogP contribution >= 0.6 is 11.6 Å². The van der Waals surface area contributed by atoms with Crippen LogP contribution in [0.25, 0.3) is 5.69 Å². The van der Waals surface area contributed by atoms with Gasteiger partial charge in [-0.1, -0.05) is 47.1 Å². The standard InChI is InChI=1S/C23H26ClN5O/c1-16-6-3-4-7-18(16)15-28-12-10-20(11-13-28)25-23(30)22-17(2)29(27-26-22)21-9-5-8-19(24)14-21/h3-9,14,20H,10-13,15H2,1-2H3,(H,25,30). The molecule has 7 heteroatoms. The van der Waals surface area contributed by atoms with E-state index in [1.54, 1.807) is 16.8 Å². The van der Waals surface area contributed by atoms with E-state index in [9.17, 15) is 4.79 Å². The fourth-order valence-corrected chi connectivity index (χ4v) is 4.09. The van der Waals surface area contributed by atoms with E-state index in [1.807, 2.05) is 19.1 Å². The molecule has 1 N–H and O–H groups in total. The van der Waals surface area contributed by atoms with Gasteiger partial charge in [-0.15, -0.1) is 5.10 Å². The molecule has 0 aliphatic carbocycles. The van der Waals surface area contributed by atoms with Crippen LogP contribution in [0.1, 0.15) is 40.2 Å². The highest BCUT2D eigenvalue weighted by molar-refractivity contribution is 6.30. The number of benzene rings is 2. The van der Waals surface area contributed by atoms with Crippen LogP contribution in [0.4, 0.5) is 0 Å². The van der Waals surface area contributed by atoms with Gasteiger partial charge in [0.1, 0.15) is 0 Å². The largest absolute Gasteiger partial charge is 0.348 e. The van der Waals surface area contributed by atoms with Gasteiger partial charge in [-0.05, 0) is 56.0 Å². The van der Waals surface area contributed by atoms with E-state index in [0.29, 0.717) is 16.4 Å². The van der Waals surface area contributed by atoms with Crippen LogP contribution in [-0.2, 0) is 6.54 Å². The van der Waals surface area contributed by atoms with Crippen LogP contribution in [0.15, 0.2) is 48.5 Å². The number of likely N-dealkylation sites (tertiary alicyclic amines) is 1. The van der Waals surface area contributed by atoms with Gasteiger partial charge in [-0.3, -0.25) is 9.69 Å². The number of hydrogen-bond acceptors (Lipinski definition) is 4. The molecule has 2 aromatic carbocycles. The van der Waals surface area contributed by atoms with Gasteiger partial charge in [0.05, 0.1) is 11.4 Å². The van der Waals surface area contributed by atoms with E-state index in [-0.39, 0.29) is 11.9 Å². The third-order valence-electron chi connectivity index (χ3n) is 5.74. The molecule has 156 valence electrons. The maximum absolute atomic E-state index is 12.8. The third kappa shape index (κ3) is 4.55. The van der Waals surface area contributed by atoms with Crippen molar-refractivity contribution in [2.24, 2.45) is 0 Å². The highest BCUT2D eigenvalue weighted by Gasteiger charge is 2.24. The number of piperidine rings is 1. The van der Waals surface area contributed by atoms with Crippen LogP contribution in [0.2, 0.25) is 5.02 Å². The van der Waals surface area contributed by atoms with Crippen molar-refractivity contribution in [3.8, 4) is 5.69 Å².